The van der Waals surface area contributed by atoms with E-state index in [9.17, 15) is 4.79 Å². The van der Waals surface area contributed by atoms with Gasteiger partial charge in [-0.1, -0.05) is 34.1 Å². The Morgan fingerprint density at radius 3 is 2.86 bits per heavy atom. The normalized spacial score (nSPS) is 12.9. The molecule has 0 aliphatic heterocycles. The molecule has 1 N–H and O–H groups in total. The highest BCUT2D eigenvalue weighted by Gasteiger charge is 2.19. The SMILES string of the molecule is O=C(O)C(Br)c1csc2ccccc12. The van der Waals surface area contributed by atoms with Gasteiger partial charge in [-0.25, -0.2) is 0 Å². The summed E-state index contributed by atoms with van der Waals surface area (Å²) >= 11 is 4.72. The van der Waals surface area contributed by atoms with Gasteiger partial charge in [0.15, 0.2) is 0 Å². The third kappa shape index (κ3) is 1.55. The number of carboxylic acid groups (broad SMARTS) is 1. The van der Waals surface area contributed by atoms with E-state index in [4.69, 9.17) is 5.11 Å². The first kappa shape index (κ1) is 9.68. The molecule has 2 aromatic rings. The van der Waals surface area contributed by atoms with E-state index >= 15 is 0 Å². The second kappa shape index (κ2) is 3.71. The molecule has 0 radical (unpaired) electrons. The summed E-state index contributed by atoms with van der Waals surface area (Å²) in [6.45, 7) is 0. The number of aliphatic carboxylic acids is 1. The van der Waals surface area contributed by atoms with E-state index in [0.29, 0.717) is 0 Å². The number of hydrogen-bond acceptors (Lipinski definition) is 2. The summed E-state index contributed by atoms with van der Waals surface area (Å²) in [5.41, 5.74) is 0.832. The molecular formula is C10H7BrO2S. The number of thiophene rings is 1. The third-order valence-corrected chi connectivity index (χ3v) is 3.87. The fourth-order valence-corrected chi connectivity index (χ4v) is 2.87. The van der Waals surface area contributed by atoms with Crippen molar-refractivity contribution in [3.8, 4) is 0 Å². The number of rotatable bonds is 2. The van der Waals surface area contributed by atoms with E-state index in [1.807, 2.05) is 29.6 Å². The second-order valence-electron chi connectivity index (χ2n) is 2.89. The molecular weight excluding hydrogens is 264 g/mol. The Balaban J connectivity index is 2.58. The summed E-state index contributed by atoms with van der Waals surface area (Å²) in [5, 5.41) is 11.8. The number of carboxylic acids is 1. The quantitative estimate of drug-likeness (QED) is 0.850. The van der Waals surface area contributed by atoms with Gasteiger partial charge in [0.05, 0.1) is 0 Å². The molecule has 1 aromatic heterocycles. The first-order valence-electron chi connectivity index (χ1n) is 4.03. The predicted molar refractivity (Wildman–Crippen MR) is 61.1 cm³/mol. The van der Waals surface area contributed by atoms with Crippen LogP contribution in [0.25, 0.3) is 10.1 Å². The Kier molecular flexibility index (Phi) is 2.56. The topological polar surface area (TPSA) is 37.3 Å². The summed E-state index contributed by atoms with van der Waals surface area (Å²) in [5.74, 6) is -0.853. The van der Waals surface area contributed by atoms with Crippen molar-refractivity contribution in [2.45, 2.75) is 4.83 Å². The van der Waals surface area contributed by atoms with Crippen molar-refractivity contribution in [3.05, 3.63) is 35.2 Å². The smallest absolute Gasteiger partial charge is 0.321 e. The minimum atomic E-state index is -0.853. The zero-order valence-corrected chi connectivity index (χ0v) is 9.51. The molecule has 14 heavy (non-hydrogen) atoms. The van der Waals surface area contributed by atoms with Gasteiger partial charge in [0, 0.05) is 4.70 Å². The van der Waals surface area contributed by atoms with Crippen LogP contribution in [0.15, 0.2) is 29.6 Å². The van der Waals surface area contributed by atoms with Crippen LogP contribution in [-0.2, 0) is 4.79 Å². The van der Waals surface area contributed by atoms with Crippen LogP contribution in [-0.4, -0.2) is 11.1 Å². The first-order valence-corrected chi connectivity index (χ1v) is 5.82. The standard InChI is InChI=1S/C10H7BrO2S/c11-9(10(12)13)7-5-14-8-4-2-1-3-6(7)8/h1-5,9H,(H,12,13). The summed E-state index contributed by atoms with van der Waals surface area (Å²) in [6.07, 6.45) is 0. The molecule has 4 heteroatoms. The van der Waals surface area contributed by atoms with Crippen LogP contribution in [0, 0.1) is 0 Å². The molecule has 0 fully saturated rings. The molecule has 0 aliphatic carbocycles. The molecule has 2 rings (SSSR count). The fraction of sp³-hybridized carbons (Fsp3) is 0.100. The number of benzene rings is 1. The van der Waals surface area contributed by atoms with Gasteiger partial charge in [0.25, 0.3) is 0 Å². The van der Waals surface area contributed by atoms with E-state index in [1.54, 1.807) is 11.3 Å². The van der Waals surface area contributed by atoms with E-state index in [-0.39, 0.29) is 0 Å². The van der Waals surface area contributed by atoms with Crippen molar-refractivity contribution < 1.29 is 9.90 Å². The molecule has 0 bridgehead atoms. The van der Waals surface area contributed by atoms with Gasteiger partial charge < -0.3 is 5.11 Å². The van der Waals surface area contributed by atoms with Gasteiger partial charge in [-0.3, -0.25) is 4.79 Å². The molecule has 1 aromatic carbocycles. The molecule has 0 spiro atoms. The Morgan fingerprint density at radius 1 is 1.43 bits per heavy atom. The van der Waals surface area contributed by atoms with Gasteiger partial charge in [0.2, 0.25) is 0 Å². The summed E-state index contributed by atoms with van der Waals surface area (Å²) in [6, 6.07) is 7.80. The van der Waals surface area contributed by atoms with E-state index in [0.717, 1.165) is 15.6 Å². The highest BCUT2D eigenvalue weighted by molar-refractivity contribution is 9.09. The van der Waals surface area contributed by atoms with Crippen molar-refractivity contribution >= 4 is 43.3 Å². The van der Waals surface area contributed by atoms with Crippen molar-refractivity contribution in [2.24, 2.45) is 0 Å². The molecule has 0 saturated carbocycles. The van der Waals surface area contributed by atoms with E-state index in [1.165, 1.54) is 0 Å². The number of hydrogen-bond donors (Lipinski definition) is 1. The number of fused-ring (bicyclic) bond motifs is 1. The average Bonchev–Trinajstić information content (AvgIpc) is 2.60. The molecule has 0 aliphatic rings. The van der Waals surface area contributed by atoms with Crippen LogP contribution < -0.4 is 0 Å². The van der Waals surface area contributed by atoms with Gasteiger partial charge in [0.1, 0.15) is 4.83 Å². The zero-order chi connectivity index (χ0) is 10.1. The highest BCUT2D eigenvalue weighted by atomic mass is 79.9. The molecule has 72 valence electrons. The Labute approximate surface area is 93.3 Å². The lowest BCUT2D eigenvalue weighted by Gasteiger charge is -2.01. The lowest BCUT2D eigenvalue weighted by atomic mass is 10.1. The minimum Gasteiger partial charge on any atom is -0.480 e. The molecule has 0 amide bonds. The number of carbonyl (C=O) groups is 1. The van der Waals surface area contributed by atoms with Crippen LogP contribution in [0.1, 0.15) is 10.4 Å². The lowest BCUT2D eigenvalue weighted by Crippen LogP contribution is -2.03. The largest absolute Gasteiger partial charge is 0.480 e. The van der Waals surface area contributed by atoms with E-state index < -0.39 is 10.8 Å². The van der Waals surface area contributed by atoms with Gasteiger partial charge in [-0.2, -0.15) is 0 Å². The van der Waals surface area contributed by atoms with Crippen molar-refractivity contribution in [3.63, 3.8) is 0 Å². The summed E-state index contributed by atoms with van der Waals surface area (Å²) in [7, 11) is 0. The van der Waals surface area contributed by atoms with Crippen LogP contribution >= 0.6 is 27.3 Å². The van der Waals surface area contributed by atoms with Crippen LogP contribution in [0.4, 0.5) is 0 Å². The van der Waals surface area contributed by atoms with Gasteiger partial charge in [-0.15, -0.1) is 11.3 Å². The molecule has 1 atom stereocenters. The number of alkyl halides is 1. The Morgan fingerprint density at radius 2 is 2.14 bits per heavy atom. The Hall–Kier alpha value is -0.870. The lowest BCUT2D eigenvalue weighted by molar-refractivity contribution is -0.136. The maximum atomic E-state index is 10.8. The van der Waals surface area contributed by atoms with Gasteiger partial charge in [-0.05, 0) is 22.4 Å². The van der Waals surface area contributed by atoms with Crippen LogP contribution in [0.2, 0.25) is 0 Å². The summed E-state index contributed by atoms with van der Waals surface area (Å²) in [4.78, 5) is 10.2. The summed E-state index contributed by atoms with van der Waals surface area (Å²) < 4.78 is 1.12. The second-order valence-corrected chi connectivity index (χ2v) is 4.71. The third-order valence-electron chi connectivity index (χ3n) is 2.00. The molecule has 1 heterocycles. The highest BCUT2D eigenvalue weighted by Crippen LogP contribution is 2.34. The average molecular weight is 271 g/mol. The van der Waals surface area contributed by atoms with E-state index in [2.05, 4.69) is 15.9 Å². The Bertz CT molecular complexity index is 478. The van der Waals surface area contributed by atoms with Crippen molar-refractivity contribution in [1.29, 1.82) is 0 Å². The van der Waals surface area contributed by atoms with Gasteiger partial charge >= 0.3 is 5.97 Å². The predicted octanol–water partition coefficient (Wildman–Crippen LogP) is 3.42. The molecule has 2 nitrogen and oxygen atoms in total. The molecule has 1 unspecified atom stereocenters. The fourth-order valence-electron chi connectivity index (χ4n) is 1.33. The maximum Gasteiger partial charge on any atom is 0.321 e. The van der Waals surface area contributed by atoms with Crippen molar-refractivity contribution in [2.75, 3.05) is 0 Å². The molecule has 0 saturated heterocycles. The van der Waals surface area contributed by atoms with Crippen molar-refractivity contribution in [1.82, 2.24) is 0 Å². The maximum absolute atomic E-state index is 10.8. The monoisotopic (exact) mass is 270 g/mol. The minimum absolute atomic E-state index is 0.612. The zero-order valence-electron chi connectivity index (χ0n) is 7.11. The number of halogens is 1. The van der Waals surface area contributed by atoms with Crippen LogP contribution in [0.3, 0.4) is 0 Å². The van der Waals surface area contributed by atoms with Crippen LogP contribution in [0.5, 0.6) is 0 Å². The first-order chi connectivity index (χ1) is 6.70.